The second kappa shape index (κ2) is 6.94. The van der Waals surface area contributed by atoms with Crippen LogP contribution in [0.15, 0.2) is 45.2 Å². The van der Waals surface area contributed by atoms with Gasteiger partial charge in [-0.05, 0) is 29.6 Å². The molecule has 5 aromatic rings. The molecule has 8 heteroatoms. The van der Waals surface area contributed by atoms with Crippen LogP contribution in [0.3, 0.4) is 0 Å². The highest BCUT2D eigenvalue weighted by atomic mass is 31.0. The van der Waals surface area contributed by atoms with Crippen LogP contribution in [0.2, 0.25) is 0 Å². The van der Waals surface area contributed by atoms with E-state index in [0.717, 1.165) is 5.30 Å². The van der Waals surface area contributed by atoms with E-state index in [1.165, 1.54) is 18.2 Å². The number of hydrogen-bond donors (Lipinski definition) is 0. The first-order valence-corrected chi connectivity index (χ1v) is 9.74. The zero-order valence-electron chi connectivity index (χ0n) is 16.0. The van der Waals surface area contributed by atoms with Crippen LogP contribution in [0.4, 0.5) is 4.39 Å². The van der Waals surface area contributed by atoms with E-state index in [1.807, 2.05) is 24.3 Å². The summed E-state index contributed by atoms with van der Waals surface area (Å²) in [5, 5.41) is 41.6. The smallest absolute Gasteiger partial charge is 0.146 e. The van der Waals surface area contributed by atoms with Crippen LogP contribution < -0.4 is 15.7 Å². The molecule has 5 rings (SSSR count). The Bertz CT molecular complexity index is 1780. The lowest BCUT2D eigenvalue weighted by Gasteiger charge is -1.99. The first kappa shape index (κ1) is 19.3. The number of fused-ring (bicyclic) bond motifs is 6. The predicted octanol–water partition coefficient (Wildman–Crippen LogP) is 3.52. The normalized spacial score (nSPS) is 10.7. The second-order valence-corrected chi connectivity index (χ2v) is 7.62. The molecule has 0 aliphatic rings. The summed E-state index contributed by atoms with van der Waals surface area (Å²) in [5.74, 6) is -0.545. The molecule has 148 valence electrons. The van der Waals surface area contributed by atoms with Crippen LogP contribution in [0.1, 0.15) is 0 Å². The van der Waals surface area contributed by atoms with Crippen molar-refractivity contribution in [1.82, 2.24) is 0 Å². The minimum absolute atomic E-state index is 0.104. The van der Waals surface area contributed by atoms with Gasteiger partial charge in [-0.15, -0.1) is 9.24 Å². The standard InChI is InChI=1S/C24H8FN4O2P/c25-13-1-3-15-17(5-13)30-23-20(12(9-28)10-29)22-16-4-2-14(32)6-18(16)31-24(22)19(21(15)23)11(7-26)8-27/h1-6H,32H2. The predicted molar refractivity (Wildman–Crippen MR) is 119 cm³/mol. The van der Waals surface area contributed by atoms with Crippen LogP contribution in [0, 0.1) is 51.1 Å². The van der Waals surface area contributed by atoms with Crippen molar-refractivity contribution < 1.29 is 13.2 Å². The van der Waals surface area contributed by atoms with E-state index < -0.39 is 5.82 Å². The lowest BCUT2D eigenvalue weighted by atomic mass is 9.99. The number of nitriles is 4. The molecular formula is C24H8FN4O2P. The van der Waals surface area contributed by atoms with Gasteiger partial charge in [0.2, 0.25) is 0 Å². The first-order chi connectivity index (χ1) is 15.5. The number of rotatable bonds is 0. The second-order valence-electron chi connectivity index (χ2n) is 6.96. The van der Waals surface area contributed by atoms with Crippen molar-refractivity contribution in [3.05, 3.63) is 52.7 Å². The van der Waals surface area contributed by atoms with Crippen molar-refractivity contribution in [3.63, 3.8) is 0 Å². The van der Waals surface area contributed by atoms with Gasteiger partial charge in [-0.3, -0.25) is 0 Å². The SMILES string of the molecule is N#CC(C#N)=c1c2oc3cc(P)ccc3c2c(=C(C#N)C#N)c2oc3cc(F)ccc3c12. The summed E-state index contributed by atoms with van der Waals surface area (Å²) in [7, 11) is 2.55. The van der Waals surface area contributed by atoms with Crippen molar-refractivity contribution in [1.29, 1.82) is 21.0 Å². The Morgan fingerprint density at radius 2 is 1.19 bits per heavy atom. The molecule has 0 aliphatic heterocycles. The zero-order chi connectivity index (χ0) is 22.6. The van der Waals surface area contributed by atoms with Gasteiger partial charge in [0.05, 0.1) is 10.4 Å². The average Bonchev–Trinajstić information content (AvgIpc) is 3.33. The number of halogens is 1. The number of nitrogens with zero attached hydrogens (tertiary/aromatic N) is 4. The van der Waals surface area contributed by atoms with Crippen molar-refractivity contribution in [2.75, 3.05) is 0 Å². The highest BCUT2D eigenvalue weighted by Gasteiger charge is 2.23. The molecule has 32 heavy (non-hydrogen) atoms. The van der Waals surface area contributed by atoms with Gasteiger partial charge >= 0.3 is 0 Å². The summed E-state index contributed by atoms with van der Waals surface area (Å²) in [6.45, 7) is 0. The summed E-state index contributed by atoms with van der Waals surface area (Å²) in [6.07, 6.45) is 0. The maximum absolute atomic E-state index is 13.9. The van der Waals surface area contributed by atoms with Gasteiger partial charge in [0.25, 0.3) is 0 Å². The van der Waals surface area contributed by atoms with Crippen molar-refractivity contribution in [3.8, 4) is 24.3 Å². The quantitative estimate of drug-likeness (QED) is 0.344. The van der Waals surface area contributed by atoms with Crippen LogP contribution in [0.5, 0.6) is 0 Å². The lowest BCUT2D eigenvalue weighted by Crippen LogP contribution is -2.16. The molecular weight excluding hydrogens is 426 g/mol. The van der Waals surface area contributed by atoms with Gasteiger partial charge in [-0.25, -0.2) is 4.39 Å². The lowest BCUT2D eigenvalue weighted by molar-refractivity contribution is 0.618. The molecule has 3 aromatic carbocycles. The number of furan rings is 2. The van der Waals surface area contributed by atoms with Crippen molar-refractivity contribution in [2.24, 2.45) is 0 Å². The van der Waals surface area contributed by atoms with E-state index in [-0.39, 0.29) is 38.3 Å². The maximum atomic E-state index is 13.9. The monoisotopic (exact) mass is 434 g/mol. The molecule has 0 spiro atoms. The molecule has 1 atom stereocenters. The summed E-state index contributed by atoms with van der Waals surface area (Å²) in [5.41, 5.74) is 0.400. The molecule has 0 saturated carbocycles. The molecule has 2 aromatic heterocycles. The molecule has 0 N–H and O–H groups in total. The van der Waals surface area contributed by atoms with Crippen LogP contribution in [0.25, 0.3) is 55.0 Å². The Morgan fingerprint density at radius 1 is 0.719 bits per heavy atom. The summed E-state index contributed by atoms with van der Waals surface area (Å²) < 4.78 is 25.9. The van der Waals surface area contributed by atoms with Crippen LogP contribution in [-0.2, 0) is 0 Å². The number of hydrogen-bond acceptors (Lipinski definition) is 6. The Kier molecular flexibility index (Phi) is 4.18. The van der Waals surface area contributed by atoms with Gasteiger partial charge in [0.15, 0.2) is 0 Å². The first-order valence-electron chi connectivity index (χ1n) is 9.16. The fraction of sp³-hybridized carbons (Fsp3) is 0. The Morgan fingerprint density at radius 3 is 1.69 bits per heavy atom. The Labute approximate surface area is 181 Å². The van der Waals surface area contributed by atoms with E-state index in [9.17, 15) is 25.4 Å². The van der Waals surface area contributed by atoms with Crippen molar-refractivity contribution >= 4 is 69.6 Å². The fourth-order valence-corrected chi connectivity index (χ4v) is 4.26. The third kappa shape index (κ3) is 2.50. The highest BCUT2D eigenvalue weighted by Crippen LogP contribution is 2.32. The Balaban J connectivity index is 2.35. The Hall–Kier alpha value is -4.68. The van der Waals surface area contributed by atoms with Gasteiger partial charge in [0, 0.05) is 27.6 Å². The van der Waals surface area contributed by atoms with E-state index in [4.69, 9.17) is 8.83 Å². The van der Waals surface area contributed by atoms with E-state index >= 15 is 0 Å². The zero-order valence-corrected chi connectivity index (χ0v) is 17.2. The summed E-state index contributed by atoms with van der Waals surface area (Å²) in [6, 6.07) is 16.7. The molecule has 0 fully saturated rings. The molecule has 6 nitrogen and oxygen atoms in total. The molecule has 0 bridgehead atoms. The van der Waals surface area contributed by atoms with Crippen molar-refractivity contribution in [2.45, 2.75) is 0 Å². The minimum atomic E-state index is -0.545. The molecule has 0 amide bonds. The van der Waals surface area contributed by atoms with E-state index in [0.29, 0.717) is 27.1 Å². The molecule has 2 heterocycles. The van der Waals surface area contributed by atoms with E-state index in [1.54, 1.807) is 18.2 Å². The van der Waals surface area contributed by atoms with Crippen LogP contribution in [-0.4, -0.2) is 0 Å². The number of benzene rings is 3. The summed E-state index contributed by atoms with van der Waals surface area (Å²) in [4.78, 5) is 0. The topological polar surface area (TPSA) is 121 Å². The van der Waals surface area contributed by atoms with Gasteiger partial charge in [-0.2, -0.15) is 21.0 Å². The minimum Gasteiger partial charge on any atom is -0.455 e. The van der Waals surface area contributed by atoms with Gasteiger partial charge < -0.3 is 8.83 Å². The average molecular weight is 434 g/mol. The fourth-order valence-electron chi connectivity index (χ4n) is 4.01. The largest absolute Gasteiger partial charge is 0.455 e. The molecule has 0 saturated heterocycles. The van der Waals surface area contributed by atoms with Crippen LogP contribution >= 0.6 is 9.24 Å². The highest BCUT2D eigenvalue weighted by molar-refractivity contribution is 7.27. The maximum Gasteiger partial charge on any atom is 0.146 e. The molecule has 0 aliphatic carbocycles. The van der Waals surface area contributed by atoms with Gasteiger partial charge in [0.1, 0.15) is 63.6 Å². The molecule has 1 unspecified atom stereocenters. The third-order valence-corrected chi connectivity index (χ3v) is 5.63. The third-order valence-electron chi connectivity index (χ3n) is 5.27. The summed E-state index contributed by atoms with van der Waals surface area (Å²) >= 11 is 0. The molecule has 0 radical (unpaired) electrons. The van der Waals surface area contributed by atoms with Gasteiger partial charge in [-0.1, -0.05) is 6.07 Å². The van der Waals surface area contributed by atoms with E-state index in [2.05, 4.69) is 9.24 Å².